The molecular weight excluding hydrogens is 290 g/mol. The fraction of sp³-hybridized carbons (Fsp3) is 0.889. The maximum Gasteiger partial charge on any atom is 0.223 e. The van der Waals surface area contributed by atoms with Crippen molar-refractivity contribution in [2.45, 2.75) is 70.8 Å². The number of nitrogens with one attached hydrogen (secondary N) is 3. The van der Waals surface area contributed by atoms with Gasteiger partial charge < -0.3 is 16.0 Å². The molecule has 2 saturated carbocycles. The zero-order valence-corrected chi connectivity index (χ0v) is 14.5. The highest BCUT2D eigenvalue weighted by molar-refractivity contribution is 5.79. The molecule has 5 nitrogen and oxygen atoms in total. The topological polar surface area (TPSA) is 70.2 Å². The van der Waals surface area contributed by atoms with Crippen LogP contribution in [0, 0.1) is 11.8 Å². The largest absolute Gasteiger partial charge is 0.355 e. The number of hydrogen-bond acceptors (Lipinski definition) is 3. The average Bonchev–Trinajstić information content (AvgIpc) is 3.05. The van der Waals surface area contributed by atoms with Crippen molar-refractivity contribution < 1.29 is 9.59 Å². The molecule has 2 rings (SSSR count). The molecule has 0 unspecified atom stereocenters. The predicted octanol–water partition coefficient (Wildman–Crippen LogP) is 1.97. The van der Waals surface area contributed by atoms with Gasteiger partial charge in [0.05, 0.1) is 0 Å². The van der Waals surface area contributed by atoms with Crippen molar-refractivity contribution in [2.75, 3.05) is 19.6 Å². The number of carbonyl (C=O) groups is 2. The van der Waals surface area contributed by atoms with E-state index in [2.05, 4.69) is 22.9 Å². The van der Waals surface area contributed by atoms with Crippen molar-refractivity contribution in [3.05, 3.63) is 0 Å². The molecule has 0 saturated heterocycles. The third-order valence-electron chi connectivity index (χ3n) is 5.26. The molecule has 0 aliphatic heterocycles. The molecule has 132 valence electrons. The van der Waals surface area contributed by atoms with E-state index in [0.29, 0.717) is 18.9 Å². The first-order valence-electron chi connectivity index (χ1n) is 9.46. The van der Waals surface area contributed by atoms with Crippen molar-refractivity contribution >= 4 is 11.8 Å². The van der Waals surface area contributed by atoms with Crippen molar-refractivity contribution in [3.63, 3.8) is 0 Å². The van der Waals surface area contributed by atoms with Crippen LogP contribution in [0.25, 0.3) is 0 Å². The third-order valence-corrected chi connectivity index (χ3v) is 5.26. The second-order valence-electron chi connectivity index (χ2n) is 7.12. The molecule has 0 bridgehead atoms. The van der Waals surface area contributed by atoms with Crippen LogP contribution in [0.2, 0.25) is 0 Å². The third kappa shape index (κ3) is 6.50. The summed E-state index contributed by atoms with van der Waals surface area (Å²) in [7, 11) is 0. The second kappa shape index (κ2) is 9.91. The molecule has 0 radical (unpaired) electrons. The zero-order chi connectivity index (χ0) is 16.5. The highest BCUT2D eigenvalue weighted by atomic mass is 16.2. The van der Waals surface area contributed by atoms with Crippen molar-refractivity contribution in [1.82, 2.24) is 16.0 Å². The van der Waals surface area contributed by atoms with Crippen LogP contribution in [0.1, 0.15) is 64.7 Å². The minimum absolute atomic E-state index is 0.125. The molecular formula is C18H33N3O2. The van der Waals surface area contributed by atoms with Gasteiger partial charge in [-0.2, -0.15) is 0 Å². The molecule has 5 heteroatoms. The minimum Gasteiger partial charge on any atom is -0.355 e. The van der Waals surface area contributed by atoms with Gasteiger partial charge >= 0.3 is 0 Å². The Balaban J connectivity index is 1.59. The van der Waals surface area contributed by atoms with Crippen LogP contribution in [0.5, 0.6) is 0 Å². The lowest BCUT2D eigenvalue weighted by atomic mass is 9.85. The molecule has 0 aromatic carbocycles. The van der Waals surface area contributed by atoms with E-state index in [0.717, 1.165) is 38.8 Å². The normalized spacial score (nSPS) is 25.3. The average molecular weight is 323 g/mol. The molecule has 0 atom stereocenters. The Labute approximate surface area is 140 Å². The van der Waals surface area contributed by atoms with Crippen LogP contribution >= 0.6 is 0 Å². The first-order chi connectivity index (χ1) is 11.2. The molecule has 0 aromatic heterocycles. The number of likely N-dealkylation sites (N-methyl/N-ethyl adjacent to an activating group) is 1. The van der Waals surface area contributed by atoms with E-state index in [1.165, 1.54) is 25.7 Å². The van der Waals surface area contributed by atoms with Gasteiger partial charge in [-0.3, -0.25) is 9.59 Å². The Hall–Kier alpha value is -1.10. The van der Waals surface area contributed by atoms with Gasteiger partial charge in [0.25, 0.3) is 0 Å². The van der Waals surface area contributed by atoms with Gasteiger partial charge in [0, 0.05) is 31.5 Å². The second-order valence-corrected chi connectivity index (χ2v) is 7.12. The van der Waals surface area contributed by atoms with Crippen LogP contribution in [-0.2, 0) is 9.59 Å². The summed E-state index contributed by atoms with van der Waals surface area (Å²) in [5, 5.41) is 9.39. The summed E-state index contributed by atoms with van der Waals surface area (Å²) >= 11 is 0. The molecule has 2 aliphatic carbocycles. The number of rotatable bonds is 8. The van der Waals surface area contributed by atoms with E-state index in [-0.39, 0.29) is 23.8 Å². The van der Waals surface area contributed by atoms with Crippen molar-refractivity contribution in [3.8, 4) is 0 Å². The Bertz CT molecular complexity index is 372. The van der Waals surface area contributed by atoms with Crippen LogP contribution in [0.4, 0.5) is 0 Å². The molecule has 2 aliphatic rings. The monoisotopic (exact) mass is 323 g/mol. The molecule has 3 N–H and O–H groups in total. The Morgan fingerprint density at radius 1 is 0.957 bits per heavy atom. The molecule has 2 amide bonds. The molecule has 23 heavy (non-hydrogen) atoms. The van der Waals surface area contributed by atoms with E-state index in [1.807, 2.05) is 0 Å². The summed E-state index contributed by atoms with van der Waals surface area (Å²) in [4.78, 5) is 24.2. The van der Waals surface area contributed by atoms with Gasteiger partial charge in [-0.1, -0.05) is 19.8 Å². The molecule has 0 spiro atoms. The smallest absolute Gasteiger partial charge is 0.223 e. The fourth-order valence-electron chi connectivity index (χ4n) is 3.86. The number of carbonyl (C=O) groups excluding carboxylic acids is 2. The van der Waals surface area contributed by atoms with Gasteiger partial charge in [0.15, 0.2) is 0 Å². The maximum atomic E-state index is 12.1. The minimum atomic E-state index is 0.125. The van der Waals surface area contributed by atoms with Gasteiger partial charge in [0.2, 0.25) is 11.8 Å². The van der Waals surface area contributed by atoms with Crippen molar-refractivity contribution in [1.29, 1.82) is 0 Å². The lowest BCUT2D eigenvalue weighted by Crippen LogP contribution is -2.42. The van der Waals surface area contributed by atoms with E-state index in [9.17, 15) is 9.59 Å². The van der Waals surface area contributed by atoms with Gasteiger partial charge in [-0.25, -0.2) is 0 Å². The predicted molar refractivity (Wildman–Crippen MR) is 92.0 cm³/mol. The molecule has 0 aromatic rings. The highest BCUT2D eigenvalue weighted by Crippen LogP contribution is 2.28. The fourth-order valence-corrected chi connectivity index (χ4v) is 3.86. The number of amides is 2. The molecule has 2 fully saturated rings. The maximum absolute atomic E-state index is 12.1. The van der Waals surface area contributed by atoms with E-state index < -0.39 is 0 Å². The summed E-state index contributed by atoms with van der Waals surface area (Å²) in [6.07, 6.45) is 9.34. The lowest BCUT2D eigenvalue weighted by molar-refractivity contribution is -0.126. The summed E-state index contributed by atoms with van der Waals surface area (Å²) in [6.45, 7) is 4.52. The highest BCUT2D eigenvalue weighted by Gasteiger charge is 2.27. The SMILES string of the molecule is CCNCCNC(=O)C1CCC(NC(=O)CC2CCCC2)CC1. The van der Waals surface area contributed by atoms with E-state index in [4.69, 9.17) is 0 Å². The van der Waals surface area contributed by atoms with Gasteiger partial charge in [0.1, 0.15) is 0 Å². The van der Waals surface area contributed by atoms with Crippen LogP contribution < -0.4 is 16.0 Å². The Kier molecular flexibility index (Phi) is 7.86. The standard InChI is InChI=1S/C18H33N3O2/c1-2-19-11-12-20-18(23)15-7-9-16(10-8-15)21-17(22)13-14-5-3-4-6-14/h14-16,19H,2-13H2,1H3,(H,20,23)(H,21,22). The first kappa shape index (κ1) is 18.2. The van der Waals surface area contributed by atoms with Crippen molar-refractivity contribution in [2.24, 2.45) is 11.8 Å². The summed E-state index contributed by atoms with van der Waals surface area (Å²) in [5.74, 6) is 1.13. The number of hydrogen-bond donors (Lipinski definition) is 3. The summed E-state index contributed by atoms with van der Waals surface area (Å²) < 4.78 is 0. The Morgan fingerprint density at radius 3 is 2.30 bits per heavy atom. The van der Waals surface area contributed by atoms with Crippen LogP contribution in [0.3, 0.4) is 0 Å². The lowest BCUT2D eigenvalue weighted by Gasteiger charge is -2.28. The van der Waals surface area contributed by atoms with Gasteiger partial charge in [-0.15, -0.1) is 0 Å². The first-order valence-corrected chi connectivity index (χ1v) is 9.46. The van der Waals surface area contributed by atoms with E-state index >= 15 is 0 Å². The summed E-state index contributed by atoms with van der Waals surface area (Å²) in [6, 6.07) is 0.273. The van der Waals surface area contributed by atoms with E-state index in [1.54, 1.807) is 0 Å². The summed E-state index contributed by atoms with van der Waals surface area (Å²) in [5.41, 5.74) is 0. The zero-order valence-electron chi connectivity index (χ0n) is 14.5. The van der Waals surface area contributed by atoms with Crippen LogP contribution in [0.15, 0.2) is 0 Å². The molecule has 0 heterocycles. The Morgan fingerprint density at radius 2 is 1.65 bits per heavy atom. The van der Waals surface area contributed by atoms with Crippen LogP contribution in [-0.4, -0.2) is 37.5 Å². The van der Waals surface area contributed by atoms with Gasteiger partial charge in [-0.05, 0) is 51.0 Å². The quantitative estimate of drug-likeness (QED) is 0.598.